The van der Waals surface area contributed by atoms with Gasteiger partial charge in [-0.25, -0.2) is 0 Å². The van der Waals surface area contributed by atoms with Gasteiger partial charge in [-0.05, 0) is 6.92 Å². The van der Waals surface area contributed by atoms with E-state index in [1.54, 1.807) is 31.2 Å². The van der Waals surface area contributed by atoms with Gasteiger partial charge in [-0.15, -0.1) is 0 Å². The summed E-state index contributed by atoms with van der Waals surface area (Å²) in [7, 11) is 0. The Morgan fingerprint density at radius 3 is 2.60 bits per heavy atom. The lowest BCUT2D eigenvalue weighted by Gasteiger charge is -2.02. The van der Waals surface area contributed by atoms with E-state index in [0.29, 0.717) is 11.3 Å². The second-order valence-corrected chi connectivity index (χ2v) is 3.13. The van der Waals surface area contributed by atoms with Crippen molar-refractivity contribution >= 4 is 5.97 Å². The van der Waals surface area contributed by atoms with E-state index < -0.39 is 5.97 Å². The highest BCUT2D eigenvalue weighted by molar-refractivity contribution is 5.93. The molecular formula is C11H8NO3-. The Morgan fingerprint density at radius 1 is 1.33 bits per heavy atom. The number of carbonyl (C=O) groups excluding carboxylic acids is 1. The number of aromatic nitrogens is 1. The summed E-state index contributed by atoms with van der Waals surface area (Å²) in [5.74, 6) is -1.03. The third-order valence-corrected chi connectivity index (χ3v) is 2.10. The van der Waals surface area contributed by atoms with Gasteiger partial charge < -0.3 is 14.4 Å². The Hall–Kier alpha value is -2.10. The van der Waals surface area contributed by atoms with Crippen molar-refractivity contribution in [3.63, 3.8) is 0 Å². The summed E-state index contributed by atoms with van der Waals surface area (Å²) < 4.78 is 4.97. The summed E-state index contributed by atoms with van der Waals surface area (Å²) in [4.78, 5) is 10.9. The van der Waals surface area contributed by atoms with Gasteiger partial charge in [0.15, 0.2) is 5.76 Å². The molecule has 1 heterocycles. The standard InChI is InChI=1S/C11H9NO3/c1-7-9(11(13)14)10(15-12-7)8-5-3-2-4-6-8/h2-6H,1H3,(H,13,14)/p-1. The van der Waals surface area contributed by atoms with Gasteiger partial charge in [0.1, 0.15) is 0 Å². The Morgan fingerprint density at radius 2 is 2.00 bits per heavy atom. The number of carbonyl (C=O) groups is 1. The summed E-state index contributed by atoms with van der Waals surface area (Å²) in [6.45, 7) is 1.57. The highest BCUT2D eigenvalue weighted by atomic mass is 16.5. The van der Waals surface area contributed by atoms with Gasteiger partial charge in [0.25, 0.3) is 0 Å². The number of nitrogens with zero attached hydrogens (tertiary/aromatic N) is 1. The largest absolute Gasteiger partial charge is 0.545 e. The van der Waals surface area contributed by atoms with Crippen LogP contribution in [-0.2, 0) is 0 Å². The summed E-state index contributed by atoms with van der Waals surface area (Å²) in [5.41, 5.74) is 1.02. The van der Waals surface area contributed by atoms with E-state index in [0.717, 1.165) is 0 Å². The molecule has 0 saturated heterocycles. The fraction of sp³-hybridized carbons (Fsp3) is 0.0909. The van der Waals surface area contributed by atoms with Crippen LogP contribution in [0.2, 0.25) is 0 Å². The van der Waals surface area contributed by atoms with Crippen molar-refractivity contribution in [2.75, 3.05) is 0 Å². The van der Waals surface area contributed by atoms with Gasteiger partial charge >= 0.3 is 0 Å². The molecule has 0 spiro atoms. The van der Waals surface area contributed by atoms with Crippen molar-refractivity contribution < 1.29 is 14.4 Å². The van der Waals surface area contributed by atoms with E-state index in [2.05, 4.69) is 5.16 Å². The molecule has 0 radical (unpaired) electrons. The average Bonchev–Trinajstić information content (AvgIpc) is 2.61. The normalized spacial score (nSPS) is 10.2. The van der Waals surface area contributed by atoms with Gasteiger partial charge in [0.05, 0.1) is 17.2 Å². The summed E-state index contributed by atoms with van der Waals surface area (Å²) in [6.07, 6.45) is 0. The van der Waals surface area contributed by atoms with E-state index in [1.165, 1.54) is 0 Å². The zero-order valence-electron chi connectivity index (χ0n) is 8.06. The average molecular weight is 202 g/mol. The van der Waals surface area contributed by atoms with Crippen LogP contribution in [0.25, 0.3) is 11.3 Å². The highest BCUT2D eigenvalue weighted by Crippen LogP contribution is 2.25. The molecule has 0 fully saturated rings. The lowest BCUT2D eigenvalue weighted by Crippen LogP contribution is -2.23. The maximum absolute atomic E-state index is 10.9. The van der Waals surface area contributed by atoms with Crippen LogP contribution >= 0.6 is 0 Å². The molecule has 0 unspecified atom stereocenters. The van der Waals surface area contributed by atoms with Crippen LogP contribution < -0.4 is 5.11 Å². The van der Waals surface area contributed by atoms with Crippen LogP contribution in [0.4, 0.5) is 0 Å². The SMILES string of the molecule is Cc1noc(-c2ccccc2)c1C(=O)[O-]. The zero-order chi connectivity index (χ0) is 10.8. The molecule has 0 aliphatic rings. The molecule has 1 aromatic heterocycles. The predicted octanol–water partition coefficient (Wildman–Crippen LogP) is 1.01. The molecule has 0 amide bonds. The molecule has 1 aromatic carbocycles. The minimum atomic E-state index is -1.27. The lowest BCUT2D eigenvalue weighted by atomic mass is 10.1. The first-order chi connectivity index (χ1) is 7.20. The van der Waals surface area contributed by atoms with Crippen LogP contribution in [0.3, 0.4) is 0 Å². The smallest absolute Gasteiger partial charge is 0.176 e. The molecule has 0 aliphatic heterocycles. The summed E-state index contributed by atoms with van der Waals surface area (Å²) in [6, 6.07) is 8.95. The zero-order valence-corrected chi connectivity index (χ0v) is 8.06. The molecule has 4 nitrogen and oxygen atoms in total. The molecular weight excluding hydrogens is 194 g/mol. The van der Waals surface area contributed by atoms with Crippen LogP contribution in [0.1, 0.15) is 16.1 Å². The monoisotopic (exact) mass is 202 g/mol. The van der Waals surface area contributed by atoms with Crippen LogP contribution in [-0.4, -0.2) is 11.1 Å². The third-order valence-electron chi connectivity index (χ3n) is 2.10. The Balaban J connectivity index is 2.59. The maximum atomic E-state index is 10.9. The highest BCUT2D eigenvalue weighted by Gasteiger charge is 2.14. The van der Waals surface area contributed by atoms with Gasteiger partial charge in [-0.1, -0.05) is 35.5 Å². The minimum absolute atomic E-state index is 0.0150. The molecule has 0 N–H and O–H groups in total. The van der Waals surface area contributed by atoms with Gasteiger partial charge in [-0.2, -0.15) is 0 Å². The van der Waals surface area contributed by atoms with Crippen molar-refractivity contribution in [1.82, 2.24) is 5.16 Å². The van der Waals surface area contributed by atoms with Crippen molar-refractivity contribution in [1.29, 1.82) is 0 Å². The van der Waals surface area contributed by atoms with Crippen LogP contribution in [0, 0.1) is 6.92 Å². The number of rotatable bonds is 2. The third kappa shape index (κ3) is 1.61. The second-order valence-electron chi connectivity index (χ2n) is 3.13. The summed E-state index contributed by atoms with van der Waals surface area (Å²) >= 11 is 0. The van der Waals surface area contributed by atoms with E-state index in [9.17, 15) is 9.90 Å². The fourth-order valence-electron chi connectivity index (χ4n) is 1.40. The number of hydrogen-bond donors (Lipinski definition) is 0. The predicted molar refractivity (Wildman–Crippen MR) is 51.0 cm³/mol. The number of benzene rings is 1. The molecule has 0 saturated carbocycles. The molecule has 0 atom stereocenters. The molecule has 0 bridgehead atoms. The first-order valence-corrected chi connectivity index (χ1v) is 4.43. The lowest BCUT2D eigenvalue weighted by molar-refractivity contribution is -0.255. The molecule has 2 rings (SSSR count). The Labute approximate surface area is 86.1 Å². The molecule has 2 aromatic rings. The first-order valence-electron chi connectivity index (χ1n) is 4.43. The molecule has 4 heteroatoms. The van der Waals surface area contributed by atoms with Crippen molar-refractivity contribution in [3.05, 3.63) is 41.6 Å². The van der Waals surface area contributed by atoms with Crippen molar-refractivity contribution in [2.45, 2.75) is 6.92 Å². The number of hydrogen-bond acceptors (Lipinski definition) is 4. The first kappa shape index (κ1) is 9.45. The fourth-order valence-corrected chi connectivity index (χ4v) is 1.40. The van der Waals surface area contributed by atoms with Gasteiger partial charge in [0.2, 0.25) is 0 Å². The number of carboxylic acid groups (broad SMARTS) is 1. The second kappa shape index (κ2) is 3.57. The van der Waals surface area contributed by atoms with E-state index in [4.69, 9.17) is 4.52 Å². The number of carboxylic acids is 1. The number of aromatic carboxylic acids is 1. The van der Waals surface area contributed by atoms with Gasteiger partial charge in [0, 0.05) is 5.56 Å². The van der Waals surface area contributed by atoms with Crippen LogP contribution in [0.15, 0.2) is 34.9 Å². The summed E-state index contributed by atoms with van der Waals surface area (Å²) in [5, 5.41) is 14.5. The minimum Gasteiger partial charge on any atom is -0.545 e. The maximum Gasteiger partial charge on any atom is 0.176 e. The molecule has 15 heavy (non-hydrogen) atoms. The Kier molecular flexibility index (Phi) is 2.25. The molecule has 0 aliphatic carbocycles. The van der Waals surface area contributed by atoms with E-state index >= 15 is 0 Å². The number of aryl methyl sites for hydroxylation is 1. The van der Waals surface area contributed by atoms with Crippen LogP contribution in [0.5, 0.6) is 0 Å². The quantitative estimate of drug-likeness (QED) is 0.729. The van der Waals surface area contributed by atoms with E-state index in [-0.39, 0.29) is 11.3 Å². The van der Waals surface area contributed by atoms with Crippen molar-refractivity contribution in [2.24, 2.45) is 0 Å². The van der Waals surface area contributed by atoms with E-state index in [1.807, 2.05) is 6.07 Å². The van der Waals surface area contributed by atoms with Crippen molar-refractivity contribution in [3.8, 4) is 11.3 Å². The molecule has 76 valence electrons. The topological polar surface area (TPSA) is 66.2 Å². The Bertz CT molecular complexity index is 488. The van der Waals surface area contributed by atoms with Gasteiger partial charge in [-0.3, -0.25) is 0 Å².